The van der Waals surface area contributed by atoms with Crippen LogP contribution in [0.3, 0.4) is 0 Å². The molecule has 1 amide bonds. The standard InChI is InChI=1S/C24H29N3O6/c1-9(2)27-8-12-6-14(26-3)13-5-10-4-11-7-15(28)19(24(25)33)23(32)17(11)21(30)16(10)22(31)18(13)20(12)29/h6,9-11,16-17,19,26-27,29H,4-5,7-8H2,1-3H3,(H2,25,33). The largest absolute Gasteiger partial charge is 0.507 e. The molecule has 9 heteroatoms. The molecule has 33 heavy (non-hydrogen) atoms. The van der Waals surface area contributed by atoms with E-state index in [1.807, 2.05) is 13.8 Å². The predicted molar refractivity (Wildman–Crippen MR) is 119 cm³/mol. The van der Waals surface area contributed by atoms with Gasteiger partial charge in [0.1, 0.15) is 5.75 Å². The van der Waals surface area contributed by atoms with Gasteiger partial charge in [0.2, 0.25) is 5.91 Å². The van der Waals surface area contributed by atoms with Crippen molar-refractivity contribution in [2.24, 2.45) is 35.3 Å². The van der Waals surface area contributed by atoms with Crippen LogP contribution in [0.25, 0.3) is 0 Å². The minimum absolute atomic E-state index is 0.0794. The molecule has 5 atom stereocenters. The first-order chi connectivity index (χ1) is 15.6. The first kappa shape index (κ1) is 23.1. The maximum atomic E-state index is 13.6. The Balaban J connectivity index is 1.75. The fourth-order valence-corrected chi connectivity index (χ4v) is 5.79. The predicted octanol–water partition coefficient (Wildman–Crippen LogP) is 0.752. The van der Waals surface area contributed by atoms with Crippen molar-refractivity contribution in [1.29, 1.82) is 0 Å². The second-order valence-corrected chi connectivity index (χ2v) is 9.66. The van der Waals surface area contributed by atoms with E-state index in [9.17, 15) is 29.1 Å². The summed E-state index contributed by atoms with van der Waals surface area (Å²) in [7, 11) is 1.73. The average molecular weight is 456 g/mol. The van der Waals surface area contributed by atoms with Crippen LogP contribution in [0.1, 0.15) is 48.2 Å². The highest BCUT2D eigenvalue weighted by molar-refractivity contribution is 6.27. The molecule has 0 spiro atoms. The van der Waals surface area contributed by atoms with Crippen molar-refractivity contribution < 1.29 is 29.1 Å². The molecule has 0 aromatic heterocycles. The first-order valence-corrected chi connectivity index (χ1v) is 11.3. The van der Waals surface area contributed by atoms with Gasteiger partial charge in [-0.3, -0.25) is 24.0 Å². The summed E-state index contributed by atoms with van der Waals surface area (Å²) in [6, 6.07) is 1.96. The van der Waals surface area contributed by atoms with Crippen LogP contribution in [-0.4, -0.2) is 47.2 Å². The van der Waals surface area contributed by atoms with Crippen LogP contribution >= 0.6 is 0 Å². The summed E-state index contributed by atoms with van der Waals surface area (Å²) in [5.74, 6) is -8.46. The molecule has 2 fully saturated rings. The minimum atomic E-state index is -1.63. The summed E-state index contributed by atoms with van der Waals surface area (Å²) in [6.45, 7) is 4.27. The monoisotopic (exact) mass is 455 g/mol. The molecule has 1 aromatic carbocycles. The number of Topliss-reactive ketones (excluding diaryl/α,β-unsaturated/α-hetero) is 4. The lowest BCUT2D eigenvalue weighted by Crippen LogP contribution is -2.56. The number of benzene rings is 1. The van der Waals surface area contributed by atoms with E-state index in [4.69, 9.17) is 5.73 Å². The molecule has 3 aliphatic rings. The van der Waals surface area contributed by atoms with E-state index in [0.717, 1.165) is 0 Å². The molecule has 0 aliphatic heterocycles. The molecule has 0 bridgehead atoms. The maximum absolute atomic E-state index is 13.6. The Morgan fingerprint density at radius 3 is 2.39 bits per heavy atom. The van der Waals surface area contributed by atoms with Crippen molar-refractivity contribution in [3.8, 4) is 5.75 Å². The van der Waals surface area contributed by atoms with Crippen molar-refractivity contribution in [3.05, 3.63) is 22.8 Å². The Morgan fingerprint density at radius 2 is 1.79 bits per heavy atom. The molecule has 2 saturated carbocycles. The van der Waals surface area contributed by atoms with E-state index in [2.05, 4.69) is 10.6 Å². The minimum Gasteiger partial charge on any atom is -0.507 e. The maximum Gasteiger partial charge on any atom is 0.235 e. The smallest absolute Gasteiger partial charge is 0.235 e. The second-order valence-electron chi connectivity index (χ2n) is 9.66. The van der Waals surface area contributed by atoms with Gasteiger partial charge in [-0.05, 0) is 36.3 Å². The lowest BCUT2D eigenvalue weighted by atomic mass is 9.56. The fourth-order valence-electron chi connectivity index (χ4n) is 5.79. The normalized spacial score (nSPS) is 28.9. The van der Waals surface area contributed by atoms with Gasteiger partial charge in [-0.25, -0.2) is 0 Å². The molecule has 0 saturated heterocycles. The summed E-state index contributed by atoms with van der Waals surface area (Å²) in [6.07, 6.45) is 0.629. The van der Waals surface area contributed by atoms with Crippen molar-refractivity contribution in [3.63, 3.8) is 0 Å². The third kappa shape index (κ3) is 3.64. The van der Waals surface area contributed by atoms with Gasteiger partial charge in [-0.2, -0.15) is 0 Å². The van der Waals surface area contributed by atoms with Crippen LogP contribution in [0.2, 0.25) is 0 Å². The molecule has 9 nitrogen and oxygen atoms in total. The Hall–Kier alpha value is -3.07. The van der Waals surface area contributed by atoms with E-state index in [0.29, 0.717) is 36.2 Å². The number of anilines is 1. The number of fused-ring (bicyclic) bond motifs is 3. The number of amides is 1. The molecule has 4 rings (SSSR count). The van der Waals surface area contributed by atoms with Gasteiger partial charge in [-0.15, -0.1) is 0 Å². The Kier molecular flexibility index (Phi) is 5.86. The number of carbonyl (C=O) groups excluding carboxylic acids is 5. The number of carbonyl (C=O) groups is 5. The number of rotatable bonds is 5. The third-order valence-corrected chi connectivity index (χ3v) is 7.27. The SMILES string of the molecule is CNc1cc(CNC(C)C)c(O)c2c1CC1CC3CC(=O)C(C(N)=O)C(=O)C3C(=O)C1C2=O. The molecule has 176 valence electrons. The topological polar surface area (TPSA) is 156 Å². The lowest BCUT2D eigenvalue weighted by Gasteiger charge is -2.44. The van der Waals surface area contributed by atoms with Gasteiger partial charge >= 0.3 is 0 Å². The van der Waals surface area contributed by atoms with Crippen LogP contribution in [0.5, 0.6) is 5.75 Å². The van der Waals surface area contributed by atoms with Gasteiger partial charge < -0.3 is 21.5 Å². The molecule has 1 aromatic rings. The second kappa shape index (κ2) is 8.37. The number of primary amides is 1. The van der Waals surface area contributed by atoms with E-state index in [1.165, 1.54) is 0 Å². The number of hydrogen-bond donors (Lipinski definition) is 4. The Bertz CT molecular complexity index is 1080. The summed E-state index contributed by atoms with van der Waals surface area (Å²) >= 11 is 0. The highest BCUT2D eigenvalue weighted by Crippen LogP contribution is 2.49. The molecule has 5 unspecified atom stereocenters. The van der Waals surface area contributed by atoms with Gasteiger partial charge in [0, 0.05) is 37.3 Å². The van der Waals surface area contributed by atoms with Gasteiger partial charge in [0.05, 0.1) is 17.4 Å². The number of phenols is 1. The fraction of sp³-hybridized carbons (Fsp3) is 0.542. The van der Waals surface area contributed by atoms with Crippen LogP contribution in [0, 0.1) is 29.6 Å². The summed E-state index contributed by atoms with van der Waals surface area (Å²) in [4.78, 5) is 64.0. The summed E-state index contributed by atoms with van der Waals surface area (Å²) < 4.78 is 0. The first-order valence-electron chi connectivity index (χ1n) is 11.3. The molecule has 0 heterocycles. The van der Waals surface area contributed by atoms with E-state index < -0.39 is 52.7 Å². The molecular weight excluding hydrogens is 426 g/mol. The quantitative estimate of drug-likeness (QED) is 0.374. The van der Waals surface area contributed by atoms with Gasteiger partial charge in [-0.1, -0.05) is 13.8 Å². The number of nitrogens with one attached hydrogen (secondary N) is 2. The number of phenolic OH excluding ortho intramolecular Hbond substituents is 1. The molecule has 0 radical (unpaired) electrons. The lowest BCUT2D eigenvalue weighted by molar-refractivity contribution is -0.152. The van der Waals surface area contributed by atoms with Crippen molar-refractivity contribution >= 4 is 34.7 Å². The zero-order valence-corrected chi connectivity index (χ0v) is 18.9. The van der Waals surface area contributed by atoms with Gasteiger partial charge in [0.15, 0.2) is 29.1 Å². The summed E-state index contributed by atoms with van der Waals surface area (Å²) in [5.41, 5.74) is 7.24. The number of ketones is 4. The highest BCUT2D eigenvalue weighted by atomic mass is 16.3. The number of hydrogen-bond acceptors (Lipinski definition) is 8. The molecule has 5 N–H and O–H groups in total. The number of nitrogens with two attached hydrogens (primary N) is 1. The molecule has 3 aliphatic carbocycles. The van der Waals surface area contributed by atoms with E-state index in [1.54, 1.807) is 13.1 Å². The zero-order chi connectivity index (χ0) is 24.2. The molecular formula is C24H29N3O6. The van der Waals surface area contributed by atoms with Crippen LogP contribution in [0.4, 0.5) is 5.69 Å². The summed E-state index contributed by atoms with van der Waals surface area (Å²) in [5, 5.41) is 17.3. The highest BCUT2D eigenvalue weighted by Gasteiger charge is 2.57. The number of aromatic hydroxyl groups is 1. The third-order valence-electron chi connectivity index (χ3n) is 7.27. The van der Waals surface area contributed by atoms with Crippen LogP contribution in [0.15, 0.2) is 6.07 Å². The van der Waals surface area contributed by atoms with Crippen LogP contribution in [-0.2, 0) is 32.1 Å². The zero-order valence-electron chi connectivity index (χ0n) is 18.9. The Morgan fingerprint density at radius 1 is 1.12 bits per heavy atom. The van der Waals surface area contributed by atoms with Crippen LogP contribution < -0.4 is 16.4 Å². The van der Waals surface area contributed by atoms with Gasteiger partial charge in [0.25, 0.3) is 0 Å². The Labute approximate surface area is 191 Å². The van der Waals surface area contributed by atoms with Crippen molar-refractivity contribution in [1.82, 2.24) is 5.32 Å². The van der Waals surface area contributed by atoms with Crippen molar-refractivity contribution in [2.75, 3.05) is 12.4 Å². The van der Waals surface area contributed by atoms with E-state index in [-0.39, 0.29) is 29.7 Å². The average Bonchev–Trinajstić information content (AvgIpc) is 2.72. The van der Waals surface area contributed by atoms with Crippen molar-refractivity contribution in [2.45, 2.75) is 45.7 Å². The van der Waals surface area contributed by atoms with E-state index >= 15 is 0 Å².